The third kappa shape index (κ3) is 4.94. The summed E-state index contributed by atoms with van der Waals surface area (Å²) in [4.78, 5) is 16.0. The van der Waals surface area contributed by atoms with Gasteiger partial charge in [-0.2, -0.15) is 4.31 Å². The fourth-order valence-corrected chi connectivity index (χ4v) is 4.64. The molecule has 1 fully saturated rings. The van der Waals surface area contributed by atoms with Crippen molar-refractivity contribution in [1.29, 1.82) is 0 Å². The predicted molar refractivity (Wildman–Crippen MR) is 102 cm³/mol. The van der Waals surface area contributed by atoms with Crippen LogP contribution < -0.4 is 0 Å². The minimum Gasteiger partial charge on any atom is -0.434 e. The molecule has 29 heavy (non-hydrogen) atoms. The van der Waals surface area contributed by atoms with Gasteiger partial charge >= 0.3 is 6.16 Å². The Labute approximate surface area is 169 Å². The van der Waals surface area contributed by atoms with E-state index < -0.39 is 34.0 Å². The minimum absolute atomic E-state index is 0.0379. The third-order valence-electron chi connectivity index (χ3n) is 4.78. The van der Waals surface area contributed by atoms with Crippen molar-refractivity contribution in [3.05, 3.63) is 48.2 Å². The molecule has 10 heteroatoms. The first-order valence-electron chi connectivity index (χ1n) is 9.38. The molecule has 1 aliphatic rings. The van der Waals surface area contributed by atoms with E-state index in [1.165, 1.54) is 29.0 Å². The van der Waals surface area contributed by atoms with E-state index in [-0.39, 0.29) is 24.7 Å². The van der Waals surface area contributed by atoms with Crippen molar-refractivity contribution >= 4 is 16.2 Å². The number of sulfonamides is 1. The summed E-state index contributed by atoms with van der Waals surface area (Å²) in [7, 11) is -2.19. The Morgan fingerprint density at radius 3 is 2.62 bits per heavy atom. The molecule has 3 rings (SSSR count). The number of aryl methyl sites for hydroxylation is 1. The number of carbonyl (C=O) groups is 1. The number of benzene rings is 1. The monoisotopic (exact) mass is 425 g/mol. The molecule has 0 aliphatic carbocycles. The maximum atomic E-state index is 13.3. The molecule has 2 heterocycles. The SMILES string of the molecule is CCCCOC(=O)OC1CN(S(=O)(=O)c2cn(C)cn2)CC1c1ccc(F)cc1. The Bertz CT molecular complexity index is 945. The first kappa shape index (κ1) is 21.3. The summed E-state index contributed by atoms with van der Waals surface area (Å²) >= 11 is 0. The first-order valence-corrected chi connectivity index (χ1v) is 10.8. The lowest BCUT2D eigenvalue weighted by atomic mass is 9.96. The van der Waals surface area contributed by atoms with E-state index in [1.54, 1.807) is 23.7 Å². The normalized spacial score (nSPS) is 20.0. The van der Waals surface area contributed by atoms with Crippen molar-refractivity contribution in [2.24, 2.45) is 7.05 Å². The molecule has 2 unspecified atom stereocenters. The van der Waals surface area contributed by atoms with Gasteiger partial charge in [-0.05, 0) is 24.1 Å². The second-order valence-electron chi connectivity index (χ2n) is 6.97. The van der Waals surface area contributed by atoms with Gasteiger partial charge in [0.25, 0.3) is 10.0 Å². The van der Waals surface area contributed by atoms with Crippen LogP contribution in [-0.4, -0.2) is 54.2 Å². The summed E-state index contributed by atoms with van der Waals surface area (Å²) in [5, 5.41) is -0.0796. The van der Waals surface area contributed by atoms with E-state index in [0.717, 1.165) is 6.42 Å². The number of unbranched alkanes of at least 4 members (excludes halogenated alkanes) is 1. The van der Waals surface area contributed by atoms with Gasteiger partial charge in [-0.25, -0.2) is 22.6 Å². The molecule has 0 amide bonds. The van der Waals surface area contributed by atoms with Crippen LogP contribution in [0.15, 0.2) is 41.8 Å². The molecule has 2 aromatic rings. The van der Waals surface area contributed by atoms with E-state index in [9.17, 15) is 17.6 Å². The number of rotatable bonds is 7. The van der Waals surface area contributed by atoms with Gasteiger partial charge in [0.1, 0.15) is 11.9 Å². The minimum atomic E-state index is -3.86. The van der Waals surface area contributed by atoms with Gasteiger partial charge in [-0.1, -0.05) is 25.5 Å². The molecule has 2 atom stereocenters. The van der Waals surface area contributed by atoms with Gasteiger partial charge < -0.3 is 14.0 Å². The Kier molecular flexibility index (Phi) is 6.53. The lowest BCUT2D eigenvalue weighted by Crippen LogP contribution is -2.31. The molecule has 0 spiro atoms. The number of carbonyl (C=O) groups excluding carboxylic acids is 1. The topological polar surface area (TPSA) is 90.7 Å². The number of nitrogens with zero attached hydrogens (tertiary/aromatic N) is 3. The zero-order valence-corrected chi connectivity index (χ0v) is 17.1. The van der Waals surface area contributed by atoms with Crippen molar-refractivity contribution < 1.29 is 27.1 Å². The Morgan fingerprint density at radius 1 is 1.28 bits per heavy atom. The second kappa shape index (κ2) is 8.91. The van der Waals surface area contributed by atoms with Gasteiger partial charge in [0.15, 0.2) is 5.03 Å². The Morgan fingerprint density at radius 2 is 2.00 bits per heavy atom. The fraction of sp³-hybridized carbons (Fsp3) is 0.474. The number of aromatic nitrogens is 2. The summed E-state index contributed by atoms with van der Waals surface area (Å²) in [6, 6.07) is 5.72. The highest BCUT2D eigenvalue weighted by Gasteiger charge is 2.43. The molecular weight excluding hydrogens is 401 g/mol. The van der Waals surface area contributed by atoms with Gasteiger partial charge in [0.2, 0.25) is 0 Å². The Hall–Kier alpha value is -2.46. The van der Waals surface area contributed by atoms with Gasteiger partial charge in [-0.3, -0.25) is 0 Å². The molecular formula is C19H24FN3O5S. The maximum Gasteiger partial charge on any atom is 0.508 e. The molecule has 8 nitrogen and oxygen atoms in total. The molecule has 1 saturated heterocycles. The van der Waals surface area contributed by atoms with Gasteiger partial charge in [-0.15, -0.1) is 0 Å². The predicted octanol–water partition coefficient (Wildman–Crippen LogP) is 2.67. The van der Waals surface area contributed by atoms with Crippen LogP contribution in [0.25, 0.3) is 0 Å². The number of hydrogen-bond donors (Lipinski definition) is 0. The van der Waals surface area contributed by atoms with E-state index in [0.29, 0.717) is 12.0 Å². The van der Waals surface area contributed by atoms with E-state index in [2.05, 4.69) is 4.98 Å². The van der Waals surface area contributed by atoms with Crippen molar-refractivity contribution in [2.75, 3.05) is 19.7 Å². The number of halogens is 1. The summed E-state index contributed by atoms with van der Waals surface area (Å²) < 4.78 is 52.5. The van der Waals surface area contributed by atoms with Crippen LogP contribution >= 0.6 is 0 Å². The third-order valence-corrected chi connectivity index (χ3v) is 6.50. The standard InChI is InChI=1S/C19H24FN3O5S/c1-3-4-9-27-19(24)28-17-11-23(29(25,26)18-12-22(2)13-21-18)10-16(17)14-5-7-15(20)8-6-14/h5-8,12-13,16-17H,3-4,9-11H2,1-2H3. The van der Waals surface area contributed by atoms with Crippen LogP contribution in [0.1, 0.15) is 31.2 Å². The lowest BCUT2D eigenvalue weighted by molar-refractivity contribution is 0.0228. The zero-order valence-electron chi connectivity index (χ0n) is 16.3. The van der Waals surface area contributed by atoms with E-state index in [4.69, 9.17) is 9.47 Å². The fourth-order valence-electron chi connectivity index (χ4n) is 3.20. The molecule has 1 aromatic carbocycles. The van der Waals surface area contributed by atoms with Crippen LogP contribution in [0.2, 0.25) is 0 Å². The molecule has 0 saturated carbocycles. The average molecular weight is 425 g/mol. The highest BCUT2D eigenvalue weighted by molar-refractivity contribution is 7.89. The smallest absolute Gasteiger partial charge is 0.434 e. The highest BCUT2D eigenvalue weighted by atomic mass is 32.2. The van der Waals surface area contributed by atoms with Crippen molar-refractivity contribution in [3.63, 3.8) is 0 Å². The summed E-state index contributed by atoms with van der Waals surface area (Å²) in [5.41, 5.74) is 0.677. The van der Waals surface area contributed by atoms with Gasteiger partial charge in [0, 0.05) is 25.7 Å². The lowest BCUT2D eigenvalue weighted by Gasteiger charge is -2.19. The summed E-state index contributed by atoms with van der Waals surface area (Å²) in [5.74, 6) is -0.853. The molecule has 0 bridgehead atoms. The second-order valence-corrected chi connectivity index (χ2v) is 8.85. The quantitative estimate of drug-likeness (QED) is 0.500. The largest absolute Gasteiger partial charge is 0.508 e. The molecule has 0 N–H and O–H groups in total. The molecule has 158 valence electrons. The molecule has 1 aromatic heterocycles. The highest BCUT2D eigenvalue weighted by Crippen LogP contribution is 2.33. The van der Waals surface area contributed by atoms with Crippen molar-refractivity contribution in [2.45, 2.75) is 36.8 Å². The maximum absolute atomic E-state index is 13.3. The average Bonchev–Trinajstić information content (AvgIpc) is 3.30. The number of hydrogen-bond acceptors (Lipinski definition) is 6. The van der Waals surface area contributed by atoms with Crippen molar-refractivity contribution in [1.82, 2.24) is 13.9 Å². The van der Waals surface area contributed by atoms with Gasteiger partial charge in [0.05, 0.1) is 19.5 Å². The number of ether oxygens (including phenoxy) is 2. The van der Waals surface area contributed by atoms with E-state index in [1.807, 2.05) is 6.92 Å². The van der Waals surface area contributed by atoms with E-state index >= 15 is 0 Å². The summed E-state index contributed by atoms with van der Waals surface area (Å²) in [6.07, 6.45) is 2.79. The first-order chi connectivity index (χ1) is 13.8. The van der Waals surface area contributed by atoms with Crippen LogP contribution in [0.4, 0.5) is 9.18 Å². The molecule has 0 radical (unpaired) electrons. The van der Waals surface area contributed by atoms with Crippen LogP contribution in [-0.2, 0) is 26.5 Å². The van der Waals surface area contributed by atoms with Crippen LogP contribution in [0.5, 0.6) is 0 Å². The van der Waals surface area contributed by atoms with Crippen molar-refractivity contribution in [3.8, 4) is 0 Å². The summed E-state index contributed by atoms with van der Waals surface area (Å²) in [6.45, 7) is 2.25. The zero-order chi connectivity index (χ0) is 21.0. The van der Waals surface area contributed by atoms with Crippen LogP contribution in [0.3, 0.4) is 0 Å². The number of imidazole rings is 1. The molecule has 1 aliphatic heterocycles. The Balaban J connectivity index is 1.81. The van der Waals surface area contributed by atoms with Crippen LogP contribution in [0, 0.1) is 5.82 Å².